The maximum atomic E-state index is 13.1. The summed E-state index contributed by atoms with van der Waals surface area (Å²) < 4.78 is 7.62. The largest absolute Gasteiger partial charge is 0.467 e. The number of fused-ring (bicyclic) bond motifs is 1. The average molecular weight is 402 g/mol. The van der Waals surface area contributed by atoms with Gasteiger partial charge in [-0.3, -0.25) is 4.79 Å². The van der Waals surface area contributed by atoms with E-state index in [2.05, 4.69) is 23.0 Å². The molecule has 0 aliphatic carbocycles. The summed E-state index contributed by atoms with van der Waals surface area (Å²) in [7, 11) is 2.14. The van der Waals surface area contributed by atoms with Crippen molar-refractivity contribution < 1.29 is 9.21 Å². The third kappa shape index (κ3) is 4.54. The summed E-state index contributed by atoms with van der Waals surface area (Å²) in [5, 5.41) is 0. The van der Waals surface area contributed by atoms with Crippen molar-refractivity contribution in [1.29, 1.82) is 0 Å². The van der Waals surface area contributed by atoms with Crippen LogP contribution < -0.4 is 0 Å². The molecule has 1 fully saturated rings. The molecule has 1 aromatic carbocycles. The fourth-order valence-electron chi connectivity index (χ4n) is 3.42. The van der Waals surface area contributed by atoms with E-state index < -0.39 is 0 Å². The molecular formula is C20H23N3O2S2. The molecule has 5 nitrogen and oxygen atoms in total. The number of amides is 1. The van der Waals surface area contributed by atoms with Gasteiger partial charge in [0.05, 0.1) is 28.8 Å². The Morgan fingerprint density at radius 1 is 1.30 bits per heavy atom. The highest BCUT2D eigenvalue weighted by atomic mass is 32.2. The molecule has 7 heteroatoms. The Labute approximate surface area is 167 Å². The van der Waals surface area contributed by atoms with Gasteiger partial charge in [0.15, 0.2) is 4.34 Å². The summed E-state index contributed by atoms with van der Waals surface area (Å²) in [6, 6.07) is 12.2. The molecule has 1 saturated heterocycles. The minimum Gasteiger partial charge on any atom is -0.467 e. The van der Waals surface area contributed by atoms with Crippen molar-refractivity contribution in [2.75, 3.05) is 25.9 Å². The second-order valence-corrected chi connectivity index (χ2v) is 9.12. The smallest absolute Gasteiger partial charge is 0.233 e. The van der Waals surface area contributed by atoms with Crippen molar-refractivity contribution in [3.05, 3.63) is 48.4 Å². The number of hydrogen-bond acceptors (Lipinski definition) is 6. The second-order valence-electron chi connectivity index (χ2n) is 6.87. The molecule has 3 heterocycles. The Morgan fingerprint density at radius 3 is 2.85 bits per heavy atom. The second kappa shape index (κ2) is 8.46. The fraction of sp³-hybridized carbons (Fsp3) is 0.400. The number of carbonyl (C=O) groups excluding carboxylic acids is 1. The zero-order valence-electron chi connectivity index (χ0n) is 15.3. The number of nitrogens with zero attached hydrogens (tertiary/aromatic N) is 3. The quantitative estimate of drug-likeness (QED) is 0.582. The first-order chi connectivity index (χ1) is 13.2. The van der Waals surface area contributed by atoms with Crippen molar-refractivity contribution in [2.24, 2.45) is 0 Å². The van der Waals surface area contributed by atoms with Gasteiger partial charge in [-0.05, 0) is 57.2 Å². The van der Waals surface area contributed by atoms with Gasteiger partial charge in [0.1, 0.15) is 5.76 Å². The normalized spacial score (nSPS) is 16.0. The summed E-state index contributed by atoms with van der Waals surface area (Å²) in [6.07, 6.45) is 3.69. The molecule has 1 aliphatic heterocycles. The topological polar surface area (TPSA) is 49.6 Å². The van der Waals surface area contributed by atoms with Gasteiger partial charge in [-0.2, -0.15) is 0 Å². The highest BCUT2D eigenvalue weighted by Gasteiger charge is 2.27. The zero-order valence-corrected chi connectivity index (χ0v) is 17.0. The predicted molar refractivity (Wildman–Crippen MR) is 110 cm³/mol. The number of piperidine rings is 1. The Hall–Kier alpha value is -1.83. The van der Waals surface area contributed by atoms with E-state index in [0.29, 0.717) is 12.3 Å². The molecule has 142 valence electrons. The van der Waals surface area contributed by atoms with E-state index in [4.69, 9.17) is 4.42 Å². The number of benzene rings is 1. The van der Waals surface area contributed by atoms with Crippen molar-refractivity contribution in [1.82, 2.24) is 14.8 Å². The fourth-order valence-corrected chi connectivity index (χ4v) is 5.37. The Kier molecular flexibility index (Phi) is 5.80. The number of hydrogen-bond donors (Lipinski definition) is 0. The maximum Gasteiger partial charge on any atom is 0.233 e. The molecule has 1 aliphatic rings. The van der Waals surface area contributed by atoms with E-state index in [9.17, 15) is 4.79 Å². The number of furan rings is 1. The Balaban J connectivity index is 1.44. The lowest BCUT2D eigenvalue weighted by atomic mass is 10.0. The molecule has 3 aromatic rings. The van der Waals surface area contributed by atoms with Crippen LogP contribution in [-0.4, -0.2) is 52.6 Å². The summed E-state index contributed by atoms with van der Waals surface area (Å²) in [5.41, 5.74) is 1.00. The molecule has 0 N–H and O–H groups in total. The van der Waals surface area contributed by atoms with Gasteiger partial charge < -0.3 is 14.2 Å². The molecule has 27 heavy (non-hydrogen) atoms. The van der Waals surface area contributed by atoms with Gasteiger partial charge in [0, 0.05) is 6.04 Å². The van der Waals surface area contributed by atoms with Gasteiger partial charge in [-0.15, -0.1) is 11.3 Å². The van der Waals surface area contributed by atoms with Crippen LogP contribution in [0.15, 0.2) is 51.4 Å². The molecule has 0 unspecified atom stereocenters. The van der Waals surface area contributed by atoms with Crippen LogP contribution in [0, 0.1) is 0 Å². The van der Waals surface area contributed by atoms with Crippen LogP contribution in [0.3, 0.4) is 0 Å². The molecule has 2 aromatic heterocycles. The van der Waals surface area contributed by atoms with Crippen LogP contribution in [-0.2, 0) is 11.3 Å². The third-order valence-electron chi connectivity index (χ3n) is 4.95. The molecule has 1 amide bonds. The Morgan fingerprint density at radius 2 is 2.11 bits per heavy atom. The average Bonchev–Trinajstić information content (AvgIpc) is 3.34. The van der Waals surface area contributed by atoms with Crippen LogP contribution in [0.25, 0.3) is 10.2 Å². The van der Waals surface area contributed by atoms with Gasteiger partial charge in [-0.25, -0.2) is 4.98 Å². The summed E-state index contributed by atoms with van der Waals surface area (Å²) in [6.45, 7) is 2.59. The molecule has 0 bridgehead atoms. The summed E-state index contributed by atoms with van der Waals surface area (Å²) in [4.78, 5) is 22.0. The summed E-state index contributed by atoms with van der Waals surface area (Å²) >= 11 is 3.18. The first-order valence-corrected chi connectivity index (χ1v) is 11.0. The van der Waals surface area contributed by atoms with Crippen LogP contribution in [0.1, 0.15) is 18.6 Å². The first-order valence-electron chi connectivity index (χ1n) is 9.18. The minimum atomic E-state index is 0.158. The van der Waals surface area contributed by atoms with Gasteiger partial charge in [0.2, 0.25) is 5.91 Å². The number of thioether (sulfide) groups is 1. The van der Waals surface area contributed by atoms with E-state index in [0.717, 1.165) is 46.2 Å². The molecule has 0 atom stereocenters. The zero-order chi connectivity index (χ0) is 18.6. The number of aromatic nitrogens is 1. The highest BCUT2D eigenvalue weighted by molar-refractivity contribution is 8.01. The highest BCUT2D eigenvalue weighted by Crippen LogP contribution is 2.30. The maximum absolute atomic E-state index is 13.1. The number of likely N-dealkylation sites (tertiary alicyclic amines) is 1. The molecule has 0 radical (unpaired) electrons. The molecule has 0 spiro atoms. The van der Waals surface area contributed by atoms with Gasteiger partial charge in [-0.1, -0.05) is 23.9 Å². The number of thiazole rings is 1. The van der Waals surface area contributed by atoms with Crippen LogP contribution in [0.4, 0.5) is 0 Å². The van der Waals surface area contributed by atoms with Gasteiger partial charge in [0.25, 0.3) is 0 Å². The van der Waals surface area contributed by atoms with E-state index in [1.165, 1.54) is 11.8 Å². The first kappa shape index (κ1) is 18.5. The Bertz CT molecular complexity index is 853. The van der Waals surface area contributed by atoms with E-state index >= 15 is 0 Å². The minimum absolute atomic E-state index is 0.158. The van der Waals surface area contributed by atoms with Crippen molar-refractivity contribution >= 4 is 39.2 Å². The van der Waals surface area contributed by atoms with Crippen molar-refractivity contribution in [2.45, 2.75) is 29.8 Å². The number of para-hydroxylation sites is 1. The van der Waals surface area contributed by atoms with Crippen molar-refractivity contribution in [3.8, 4) is 0 Å². The van der Waals surface area contributed by atoms with Crippen molar-refractivity contribution in [3.63, 3.8) is 0 Å². The third-order valence-corrected chi connectivity index (χ3v) is 7.11. The lowest BCUT2D eigenvalue weighted by Crippen LogP contribution is -2.46. The SMILES string of the molecule is CN1CCC(N(Cc2ccco2)C(=O)CSc2nc3ccccc3s2)CC1. The lowest BCUT2D eigenvalue weighted by molar-refractivity contribution is -0.132. The molecule has 4 rings (SSSR count). The molecular weight excluding hydrogens is 378 g/mol. The summed E-state index contributed by atoms with van der Waals surface area (Å²) in [5.74, 6) is 1.41. The van der Waals surface area contributed by atoms with Crippen LogP contribution in [0.2, 0.25) is 0 Å². The molecule has 0 saturated carbocycles. The van der Waals surface area contributed by atoms with Crippen LogP contribution >= 0.6 is 23.1 Å². The van der Waals surface area contributed by atoms with Gasteiger partial charge >= 0.3 is 0 Å². The standard InChI is InChI=1S/C20H23N3O2S2/c1-22-10-8-15(9-11-22)23(13-16-5-4-12-25-16)19(24)14-26-20-21-17-6-2-3-7-18(17)27-20/h2-7,12,15H,8-11,13-14H2,1H3. The van der Waals surface area contributed by atoms with E-state index in [-0.39, 0.29) is 11.9 Å². The predicted octanol–water partition coefficient (Wildman–Crippen LogP) is 4.10. The number of carbonyl (C=O) groups is 1. The van der Waals surface area contributed by atoms with E-state index in [1.54, 1.807) is 17.6 Å². The lowest BCUT2D eigenvalue weighted by Gasteiger charge is -2.37. The number of rotatable bonds is 6. The monoisotopic (exact) mass is 401 g/mol. The van der Waals surface area contributed by atoms with Crippen LogP contribution in [0.5, 0.6) is 0 Å². The van der Waals surface area contributed by atoms with E-state index in [1.807, 2.05) is 35.2 Å².